The monoisotopic (exact) mass is 392 g/mol. The van der Waals surface area contributed by atoms with Gasteiger partial charge in [0.05, 0.1) is 11.0 Å². The number of hydrogen-bond donors (Lipinski definition) is 0. The largest absolute Gasteiger partial charge is 0.361 e. The quantitative estimate of drug-likeness (QED) is 0.298. The molecular formula is C14H19BrClFN2OSi. The van der Waals surface area contributed by atoms with Crippen molar-refractivity contribution in [3.05, 3.63) is 28.8 Å². The van der Waals surface area contributed by atoms with Crippen LogP contribution in [-0.4, -0.2) is 24.2 Å². The molecule has 21 heavy (non-hydrogen) atoms. The molecule has 0 bridgehead atoms. The maximum absolute atomic E-state index is 13.6. The zero-order valence-electron chi connectivity index (χ0n) is 12.4. The Labute approximate surface area is 138 Å². The van der Waals surface area contributed by atoms with Gasteiger partial charge in [-0.15, -0.1) is 0 Å². The van der Waals surface area contributed by atoms with Gasteiger partial charge in [0.15, 0.2) is 11.0 Å². The van der Waals surface area contributed by atoms with Crippen molar-refractivity contribution in [1.82, 2.24) is 9.55 Å². The molecule has 0 aromatic carbocycles. The number of halogens is 3. The summed E-state index contributed by atoms with van der Waals surface area (Å²) in [6.07, 6.45) is 0. The molecule has 3 nitrogen and oxygen atoms in total. The zero-order valence-corrected chi connectivity index (χ0v) is 15.8. The van der Waals surface area contributed by atoms with Crippen LogP contribution in [0.15, 0.2) is 12.1 Å². The molecule has 0 spiro atoms. The van der Waals surface area contributed by atoms with E-state index in [1.54, 1.807) is 0 Å². The molecule has 116 valence electrons. The molecule has 2 rings (SSSR count). The first-order valence-electron chi connectivity index (χ1n) is 6.80. The number of nitrogens with zero attached hydrogens (tertiary/aromatic N) is 2. The van der Waals surface area contributed by atoms with Gasteiger partial charge in [0, 0.05) is 31.8 Å². The van der Waals surface area contributed by atoms with Crippen LogP contribution in [0, 0.1) is 5.82 Å². The molecule has 0 fully saturated rings. The summed E-state index contributed by atoms with van der Waals surface area (Å²) in [7, 11) is -1.10. The first-order chi connectivity index (χ1) is 9.81. The number of alkyl halides is 1. The molecule has 7 heteroatoms. The molecule has 0 radical (unpaired) electrons. The van der Waals surface area contributed by atoms with Crippen molar-refractivity contribution in [3.8, 4) is 0 Å². The summed E-state index contributed by atoms with van der Waals surface area (Å²) in [5.41, 5.74) is 2.39. The Morgan fingerprint density at radius 2 is 2.10 bits per heavy atom. The lowest BCUT2D eigenvalue weighted by atomic mass is 10.4. The highest BCUT2D eigenvalue weighted by atomic mass is 79.9. The third-order valence-electron chi connectivity index (χ3n) is 3.24. The van der Waals surface area contributed by atoms with Crippen molar-refractivity contribution >= 4 is 46.6 Å². The van der Waals surface area contributed by atoms with Crippen LogP contribution in [0.1, 0.15) is 5.69 Å². The molecule has 0 aliphatic rings. The van der Waals surface area contributed by atoms with E-state index < -0.39 is 13.9 Å². The SMILES string of the molecule is C[Si](C)(C)CCOCn1c(CBr)cc2nc(Cl)c(F)cc21. The third kappa shape index (κ3) is 4.28. The molecule has 0 amide bonds. The second-order valence-corrected chi connectivity index (χ2v) is 12.8. The molecule has 2 aromatic heterocycles. The predicted molar refractivity (Wildman–Crippen MR) is 91.4 cm³/mol. The first-order valence-corrected chi connectivity index (χ1v) is 12.0. The van der Waals surface area contributed by atoms with Crippen LogP contribution >= 0.6 is 27.5 Å². The van der Waals surface area contributed by atoms with E-state index in [2.05, 4.69) is 40.6 Å². The third-order valence-corrected chi connectivity index (χ3v) is 5.78. The van der Waals surface area contributed by atoms with Crippen LogP contribution in [0.2, 0.25) is 30.8 Å². The van der Waals surface area contributed by atoms with Crippen molar-refractivity contribution in [3.63, 3.8) is 0 Å². The maximum atomic E-state index is 13.6. The molecule has 2 aromatic rings. The van der Waals surface area contributed by atoms with E-state index >= 15 is 0 Å². The average molecular weight is 394 g/mol. The van der Waals surface area contributed by atoms with E-state index in [4.69, 9.17) is 16.3 Å². The summed E-state index contributed by atoms with van der Waals surface area (Å²) in [6, 6.07) is 4.42. The molecule has 2 heterocycles. The smallest absolute Gasteiger partial charge is 0.165 e. The van der Waals surface area contributed by atoms with Crippen molar-refractivity contribution in [2.24, 2.45) is 0 Å². The maximum Gasteiger partial charge on any atom is 0.165 e. The van der Waals surface area contributed by atoms with Crippen LogP contribution in [-0.2, 0) is 16.8 Å². The Kier molecular flexibility index (Phi) is 5.46. The summed E-state index contributed by atoms with van der Waals surface area (Å²) in [5.74, 6) is -0.508. The number of ether oxygens (including phenoxy) is 1. The van der Waals surface area contributed by atoms with Crippen molar-refractivity contribution in [1.29, 1.82) is 0 Å². The Hall–Kier alpha value is -0.433. The van der Waals surface area contributed by atoms with E-state index in [1.165, 1.54) is 6.07 Å². The standard InChI is InChI=1S/C14H19BrClFN2OSi/c1-21(2,3)5-4-20-9-19-10(8-15)6-12-13(19)7-11(17)14(16)18-12/h6-7H,4-5,8-9H2,1-3H3. The number of rotatable bonds is 6. The summed E-state index contributed by atoms with van der Waals surface area (Å²) >= 11 is 9.18. The van der Waals surface area contributed by atoms with Crippen LogP contribution in [0.25, 0.3) is 11.0 Å². The van der Waals surface area contributed by atoms with Gasteiger partial charge in [-0.25, -0.2) is 9.37 Å². The fourth-order valence-corrected chi connectivity index (χ4v) is 3.35. The van der Waals surface area contributed by atoms with Gasteiger partial charge in [-0.05, 0) is 12.1 Å². The van der Waals surface area contributed by atoms with Crippen LogP contribution in [0.3, 0.4) is 0 Å². The normalized spacial score (nSPS) is 12.3. The van der Waals surface area contributed by atoms with E-state index in [0.29, 0.717) is 23.1 Å². The fraction of sp³-hybridized carbons (Fsp3) is 0.500. The minimum absolute atomic E-state index is 0.0968. The van der Waals surface area contributed by atoms with Crippen LogP contribution in [0.5, 0.6) is 0 Å². The van der Waals surface area contributed by atoms with Gasteiger partial charge >= 0.3 is 0 Å². The molecule has 0 aliphatic heterocycles. The molecule has 0 unspecified atom stereocenters. The highest BCUT2D eigenvalue weighted by Crippen LogP contribution is 2.24. The van der Waals surface area contributed by atoms with Gasteiger partial charge in [-0.3, -0.25) is 0 Å². The predicted octanol–water partition coefficient (Wildman–Crippen LogP) is 5.04. The fourth-order valence-electron chi connectivity index (χ4n) is 1.98. The number of pyridine rings is 1. The molecular weight excluding hydrogens is 375 g/mol. The van der Waals surface area contributed by atoms with Gasteiger partial charge in [-0.1, -0.05) is 47.2 Å². The second kappa shape index (κ2) is 6.77. The minimum Gasteiger partial charge on any atom is -0.361 e. The van der Waals surface area contributed by atoms with Gasteiger partial charge in [0.25, 0.3) is 0 Å². The van der Waals surface area contributed by atoms with E-state index in [1.807, 2.05) is 10.6 Å². The lowest BCUT2D eigenvalue weighted by Gasteiger charge is -2.16. The second-order valence-electron chi connectivity index (χ2n) is 6.21. The summed E-state index contributed by atoms with van der Waals surface area (Å²) in [5, 5.41) is 0.556. The Morgan fingerprint density at radius 1 is 1.38 bits per heavy atom. The van der Waals surface area contributed by atoms with Crippen molar-refractivity contribution in [2.45, 2.75) is 37.7 Å². The minimum atomic E-state index is -1.10. The molecule has 0 atom stereocenters. The number of aromatic nitrogens is 2. The summed E-state index contributed by atoms with van der Waals surface area (Å²) in [4.78, 5) is 4.07. The molecule has 0 saturated heterocycles. The van der Waals surface area contributed by atoms with Crippen molar-refractivity contribution in [2.75, 3.05) is 6.61 Å². The first kappa shape index (κ1) is 16.9. The summed E-state index contributed by atoms with van der Waals surface area (Å²) in [6.45, 7) is 8.06. The number of fused-ring (bicyclic) bond motifs is 1. The lowest BCUT2D eigenvalue weighted by molar-refractivity contribution is 0.0889. The van der Waals surface area contributed by atoms with Crippen LogP contribution in [0.4, 0.5) is 4.39 Å². The van der Waals surface area contributed by atoms with Crippen LogP contribution < -0.4 is 0 Å². The van der Waals surface area contributed by atoms with E-state index in [-0.39, 0.29) is 5.15 Å². The van der Waals surface area contributed by atoms with E-state index in [9.17, 15) is 4.39 Å². The van der Waals surface area contributed by atoms with Gasteiger partial charge < -0.3 is 9.30 Å². The van der Waals surface area contributed by atoms with Gasteiger partial charge in [-0.2, -0.15) is 0 Å². The average Bonchev–Trinajstić information content (AvgIpc) is 2.71. The number of hydrogen-bond acceptors (Lipinski definition) is 2. The van der Waals surface area contributed by atoms with E-state index in [0.717, 1.165) is 18.3 Å². The highest BCUT2D eigenvalue weighted by Gasteiger charge is 2.14. The molecule has 0 saturated carbocycles. The van der Waals surface area contributed by atoms with Gasteiger partial charge in [0.2, 0.25) is 0 Å². The lowest BCUT2D eigenvalue weighted by Crippen LogP contribution is -2.22. The zero-order chi connectivity index (χ0) is 15.6. The molecule has 0 aliphatic carbocycles. The Balaban J connectivity index is 2.19. The Bertz CT molecular complexity index is 642. The summed E-state index contributed by atoms with van der Waals surface area (Å²) < 4.78 is 21.3. The molecule has 0 N–H and O–H groups in total. The highest BCUT2D eigenvalue weighted by molar-refractivity contribution is 9.08. The van der Waals surface area contributed by atoms with Crippen molar-refractivity contribution < 1.29 is 9.13 Å². The Morgan fingerprint density at radius 3 is 2.71 bits per heavy atom. The topological polar surface area (TPSA) is 27.1 Å². The van der Waals surface area contributed by atoms with Gasteiger partial charge in [0.1, 0.15) is 6.73 Å².